The Hall–Kier alpha value is -2.00. The van der Waals surface area contributed by atoms with Gasteiger partial charge in [0.25, 0.3) is 0 Å². The summed E-state index contributed by atoms with van der Waals surface area (Å²) in [7, 11) is 0. The van der Waals surface area contributed by atoms with Crippen LogP contribution in [0.5, 0.6) is 0 Å². The van der Waals surface area contributed by atoms with Gasteiger partial charge in [-0.3, -0.25) is 10.1 Å². The molecule has 1 unspecified atom stereocenters. The summed E-state index contributed by atoms with van der Waals surface area (Å²) < 4.78 is 0. The zero-order valence-electron chi connectivity index (χ0n) is 19.4. The number of rotatable bonds is 6. The number of amides is 1. The Kier molecular flexibility index (Phi) is 6.81. The molecule has 2 saturated heterocycles. The SMILES string of the molecule is CCC(C)N(CCN1CC(C)(C)NC(C)(C)C1=O)C1=CC(N2CC[N]CC2)=N[N+]=N1. The number of carbonyl (C=O) groups excluding carboxylic acids is 1. The highest BCUT2D eigenvalue weighted by Gasteiger charge is 2.43. The summed E-state index contributed by atoms with van der Waals surface area (Å²) in [5.74, 6) is 1.81. The lowest BCUT2D eigenvalue weighted by atomic mass is 9.90. The molecule has 3 aliphatic heterocycles. The molecule has 166 valence electrons. The predicted octanol–water partition coefficient (Wildman–Crippen LogP) is 0.952. The molecule has 0 spiro atoms. The second kappa shape index (κ2) is 9.01. The standard InChI is InChI=1S/C21H37N8O/c1-7-16(2)29(13-12-28-15-20(3,4)25-21(5,6)19(28)30)18-14-17(23-26-24-18)27-10-8-22-9-11-27/h14,16,25H,7-13,15H2,1-6H3/q+1. The van der Waals surface area contributed by atoms with Crippen LogP contribution in [-0.4, -0.2) is 89.4 Å². The number of piperazine rings is 2. The van der Waals surface area contributed by atoms with Crippen molar-refractivity contribution in [2.75, 3.05) is 45.8 Å². The van der Waals surface area contributed by atoms with Crippen LogP contribution in [0.4, 0.5) is 0 Å². The van der Waals surface area contributed by atoms with Crippen LogP contribution in [0, 0.1) is 0 Å². The second-order valence-electron chi connectivity index (χ2n) is 9.62. The Morgan fingerprint density at radius 3 is 2.63 bits per heavy atom. The minimum atomic E-state index is -0.564. The smallest absolute Gasteiger partial charge is 0.349 e. The van der Waals surface area contributed by atoms with Gasteiger partial charge in [0.05, 0.1) is 5.54 Å². The third kappa shape index (κ3) is 5.18. The number of hydrogen-bond donors (Lipinski definition) is 1. The molecule has 0 saturated carbocycles. The van der Waals surface area contributed by atoms with Gasteiger partial charge in [-0.15, -0.1) is 0 Å². The van der Waals surface area contributed by atoms with E-state index < -0.39 is 5.54 Å². The van der Waals surface area contributed by atoms with Gasteiger partial charge < -0.3 is 14.7 Å². The molecule has 3 rings (SSSR count). The molecule has 30 heavy (non-hydrogen) atoms. The number of carbonyl (C=O) groups is 1. The summed E-state index contributed by atoms with van der Waals surface area (Å²) in [5.41, 5.74) is -0.687. The topological polar surface area (TPSA) is 91.7 Å². The molecule has 0 aromatic carbocycles. The van der Waals surface area contributed by atoms with E-state index in [0.29, 0.717) is 19.6 Å². The fourth-order valence-electron chi connectivity index (χ4n) is 4.49. The molecule has 3 heterocycles. The van der Waals surface area contributed by atoms with Gasteiger partial charge in [-0.2, -0.15) is 0 Å². The molecule has 9 nitrogen and oxygen atoms in total. The molecule has 0 aromatic heterocycles. The van der Waals surface area contributed by atoms with Crippen molar-refractivity contribution in [3.63, 3.8) is 0 Å². The molecule has 1 atom stereocenters. The third-order valence-electron chi connectivity index (χ3n) is 6.02. The quantitative estimate of drug-likeness (QED) is 0.697. The first-order valence-corrected chi connectivity index (χ1v) is 11.1. The number of hydrogen-bond acceptors (Lipinski definition) is 7. The third-order valence-corrected chi connectivity index (χ3v) is 6.02. The highest BCUT2D eigenvalue weighted by Crippen LogP contribution is 2.23. The van der Waals surface area contributed by atoms with E-state index in [-0.39, 0.29) is 17.5 Å². The highest BCUT2D eigenvalue weighted by atomic mass is 16.2. The lowest BCUT2D eigenvalue weighted by Gasteiger charge is -2.47. The van der Waals surface area contributed by atoms with E-state index in [1.807, 2.05) is 24.8 Å². The van der Waals surface area contributed by atoms with Crippen molar-refractivity contribution in [1.82, 2.24) is 30.6 Å². The maximum Gasteiger partial charge on any atom is 0.364 e. The molecule has 1 N–H and O–H groups in total. The Labute approximate surface area is 180 Å². The zero-order chi connectivity index (χ0) is 21.9. The van der Waals surface area contributed by atoms with Crippen LogP contribution in [0.1, 0.15) is 48.0 Å². The Bertz CT molecular complexity index is 721. The van der Waals surface area contributed by atoms with Gasteiger partial charge in [0.1, 0.15) is 10.2 Å². The fourth-order valence-corrected chi connectivity index (χ4v) is 4.49. The minimum absolute atomic E-state index is 0.123. The summed E-state index contributed by atoms with van der Waals surface area (Å²) in [5, 5.41) is 20.5. The predicted molar refractivity (Wildman–Crippen MR) is 118 cm³/mol. The van der Waals surface area contributed by atoms with Gasteiger partial charge in [0.2, 0.25) is 17.6 Å². The summed E-state index contributed by atoms with van der Waals surface area (Å²) in [6.45, 7) is 18.0. The Morgan fingerprint density at radius 2 is 1.97 bits per heavy atom. The number of nitrogens with one attached hydrogen (secondary N) is 1. The van der Waals surface area contributed by atoms with Crippen molar-refractivity contribution in [2.45, 2.75) is 65.1 Å². The van der Waals surface area contributed by atoms with Gasteiger partial charge in [-0.25, -0.2) is 5.32 Å². The summed E-state index contributed by atoms with van der Waals surface area (Å²) in [6, 6.07) is 0.282. The van der Waals surface area contributed by atoms with Crippen molar-refractivity contribution in [1.29, 1.82) is 0 Å². The molecular formula is C21H37N8O+. The Morgan fingerprint density at radius 1 is 1.27 bits per heavy atom. The maximum absolute atomic E-state index is 13.0. The van der Waals surface area contributed by atoms with Crippen LogP contribution in [0.25, 0.3) is 0 Å². The average molecular weight is 418 g/mol. The largest absolute Gasteiger partial charge is 0.364 e. The molecule has 0 aromatic rings. The molecule has 3 aliphatic rings. The highest BCUT2D eigenvalue weighted by molar-refractivity contribution is 5.93. The Balaban J connectivity index is 1.74. The van der Waals surface area contributed by atoms with E-state index in [0.717, 1.165) is 44.3 Å². The molecule has 9 heteroatoms. The molecule has 0 bridgehead atoms. The van der Waals surface area contributed by atoms with Gasteiger partial charge in [-0.05, 0) is 41.0 Å². The normalized spacial score (nSPS) is 24.4. The summed E-state index contributed by atoms with van der Waals surface area (Å²) >= 11 is 0. The van der Waals surface area contributed by atoms with E-state index >= 15 is 0 Å². The first-order valence-electron chi connectivity index (χ1n) is 11.1. The minimum Gasteiger partial charge on any atom is -0.349 e. The lowest BCUT2D eigenvalue weighted by Crippen LogP contribution is -2.70. The first-order chi connectivity index (χ1) is 14.1. The molecule has 2 fully saturated rings. The van der Waals surface area contributed by atoms with Crippen LogP contribution in [-0.2, 0) is 4.79 Å². The average Bonchev–Trinajstić information content (AvgIpc) is 2.71. The fraction of sp³-hybridized carbons (Fsp3) is 0.810. The zero-order valence-corrected chi connectivity index (χ0v) is 19.4. The van der Waals surface area contributed by atoms with E-state index in [9.17, 15) is 4.79 Å². The maximum atomic E-state index is 13.0. The number of nitrogens with zero attached hydrogens (tertiary/aromatic N) is 7. The van der Waals surface area contributed by atoms with Crippen molar-refractivity contribution in [2.24, 2.45) is 10.2 Å². The molecular weight excluding hydrogens is 380 g/mol. The van der Waals surface area contributed by atoms with Gasteiger partial charge in [0.15, 0.2) is 0 Å². The molecule has 2 radical (unpaired) electrons. The molecule has 0 aliphatic carbocycles. The van der Waals surface area contributed by atoms with Crippen LogP contribution >= 0.6 is 0 Å². The lowest BCUT2D eigenvalue weighted by molar-refractivity contribution is -0.143. The number of amidine groups is 1. The van der Waals surface area contributed by atoms with Crippen molar-refractivity contribution in [3.8, 4) is 0 Å². The van der Waals surface area contributed by atoms with Crippen molar-refractivity contribution in [3.05, 3.63) is 11.9 Å². The molecule has 1 amide bonds. The van der Waals surface area contributed by atoms with Crippen LogP contribution in [0.3, 0.4) is 0 Å². The summed E-state index contributed by atoms with van der Waals surface area (Å²) in [4.78, 5) is 19.4. The van der Waals surface area contributed by atoms with Crippen LogP contribution in [0.15, 0.2) is 22.1 Å². The second-order valence-corrected chi connectivity index (χ2v) is 9.62. The monoisotopic (exact) mass is 417 g/mol. The van der Waals surface area contributed by atoms with Crippen LogP contribution < -0.4 is 15.9 Å². The van der Waals surface area contributed by atoms with E-state index in [1.165, 1.54) is 0 Å². The van der Waals surface area contributed by atoms with E-state index in [2.05, 4.69) is 63.6 Å². The first kappa shape index (κ1) is 22.7. The van der Waals surface area contributed by atoms with Crippen molar-refractivity contribution < 1.29 is 4.79 Å². The van der Waals surface area contributed by atoms with E-state index in [1.54, 1.807) is 0 Å². The summed E-state index contributed by atoms with van der Waals surface area (Å²) in [6.07, 6.45) is 3.01. The van der Waals surface area contributed by atoms with Gasteiger partial charge in [-0.1, -0.05) is 6.92 Å². The van der Waals surface area contributed by atoms with Gasteiger partial charge >= 0.3 is 5.22 Å². The van der Waals surface area contributed by atoms with Gasteiger partial charge in [0, 0.05) is 63.5 Å². The van der Waals surface area contributed by atoms with Crippen molar-refractivity contribution >= 4 is 11.7 Å². The van der Waals surface area contributed by atoms with E-state index in [4.69, 9.17) is 0 Å². The van der Waals surface area contributed by atoms with Crippen LogP contribution in [0.2, 0.25) is 0 Å².